The van der Waals surface area contributed by atoms with Crippen LogP contribution in [0.2, 0.25) is 0 Å². The number of rotatable bonds is 2. The third-order valence-electron chi connectivity index (χ3n) is 4.79. The van der Waals surface area contributed by atoms with Crippen molar-refractivity contribution in [3.8, 4) is 0 Å². The summed E-state index contributed by atoms with van der Waals surface area (Å²) in [5.74, 6) is 0. The Hall–Kier alpha value is -0.810. The second kappa shape index (κ2) is 5.76. The average molecular weight is 297 g/mol. The first kappa shape index (κ1) is 16.6. The van der Waals surface area contributed by atoms with Gasteiger partial charge in [0.1, 0.15) is 0 Å². The van der Waals surface area contributed by atoms with Crippen molar-refractivity contribution in [2.75, 3.05) is 27.2 Å². The standard InChI is InChI=1S/C16H31N3O2/c1-15(2)10-13(16(3,4)21-15)17-14(20)19-9-7-8-12(11-19)18(5)6/h12-13H,7-11H2,1-6H3,(H,17,20)/t12-,13-/m1/s1. The van der Waals surface area contributed by atoms with E-state index in [4.69, 9.17) is 4.74 Å². The number of ether oxygens (including phenoxy) is 1. The number of piperidine rings is 1. The Balaban J connectivity index is 1.95. The Labute approximate surface area is 129 Å². The van der Waals surface area contributed by atoms with Gasteiger partial charge in [0.25, 0.3) is 0 Å². The average Bonchev–Trinajstić information content (AvgIpc) is 2.57. The fourth-order valence-electron chi connectivity index (χ4n) is 3.59. The second-order valence-electron chi connectivity index (χ2n) is 7.88. The highest BCUT2D eigenvalue weighted by Crippen LogP contribution is 2.37. The minimum Gasteiger partial charge on any atom is -0.367 e. The maximum Gasteiger partial charge on any atom is 0.317 e. The number of nitrogens with zero attached hydrogens (tertiary/aromatic N) is 2. The Kier molecular flexibility index (Phi) is 4.54. The van der Waals surface area contributed by atoms with Gasteiger partial charge in [-0.05, 0) is 61.1 Å². The van der Waals surface area contributed by atoms with E-state index in [1.54, 1.807) is 0 Å². The number of carbonyl (C=O) groups is 1. The molecule has 2 aliphatic heterocycles. The van der Waals surface area contributed by atoms with Gasteiger partial charge in [0.2, 0.25) is 0 Å². The van der Waals surface area contributed by atoms with E-state index < -0.39 is 0 Å². The zero-order valence-corrected chi connectivity index (χ0v) is 14.4. The number of carbonyl (C=O) groups excluding carboxylic acids is 1. The normalized spacial score (nSPS) is 31.5. The third-order valence-corrected chi connectivity index (χ3v) is 4.79. The lowest BCUT2D eigenvalue weighted by molar-refractivity contribution is -0.0693. The highest BCUT2D eigenvalue weighted by molar-refractivity contribution is 5.75. The number of amides is 2. The van der Waals surface area contributed by atoms with Crippen molar-refractivity contribution in [2.24, 2.45) is 0 Å². The van der Waals surface area contributed by atoms with E-state index in [0.717, 1.165) is 25.9 Å². The van der Waals surface area contributed by atoms with Gasteiger partial charge in [0, 0.05) is 19.1 Å². The molecule has 0 aromatic heterocycles. The highest BCUT2D eigenvalue weighted by atomic mass is 16.5. The van der Waals surface area contributed by atoms with Gasteiger partial charge in [-0.15, -0.1) is 0 Å². The predicted molar refractivity (Wildman–Crippen MR) is 84.5 cm³/mol. The van der Waals surface area contributed by atoms with Gasteiger partial charge >= 0.3 is 6.03 Å². The zero-order valence-electron chi connectivity index (χ0n) is 14.4. The number of hydrogen-bond acceptors (Lipinski definition) is 3. The summed E-state index contributed by atoms with van der Waals surface area (Å²) in [5.41, 5.74) is -0.481. The molecule has 21 heavy (non-hydrogen) atoms. The summed E-state index contributed by atoms with van der Waals surface area (Å²) in [6, 6.07) is 0.592. The summed E-state index contributed by atoms with van der Waals surface area (Å²) in [4.78, 5) is 16.7. The molecular weight excluding hydrogens is 266 g/mol. The topological polar surface area (TPSA) is 44.8 Å². The molecule has 2 aliphatic rings. The Morgan fingerprint density at radius 2 is 1.95 bits per heavy atom. The quantitative estimate of drug-likeness (QED) is 0.848. The van der Waals surface area contributed by atoms with Gasteiger partial charge in [-0.1, -0.05) is 0 Å². The SMILES string of the molecule is CN(C)[C@@H]1CCCN(C(=O)N[C@@H]2CC(C)(C)OC2(C)C)C1. The lowest BCUT2D eigenvalue weighted by atomic mass is 9.94. The molecule has 122 valence electrons. The minimum absolute atomic E-state index is 0.0564. The summed E-state index contributed by atoms with van der Waals surface area (Å²) in [7, 11) is 4.17. The number of hydrogen-bond donors (Lipinski definition) is 1. The molecule has 2 heterocycles. The van der Waals surface area contributed by atoms with Crippen LogP contribution in [0.4, 0.5) is 4.79 Å². The van der Waals surface area contributed by atoms with Crippen molar-refractivity contribution in [2.45, 2.75) is 70.2 Å². The first-order valence-corrected chi connectivity index (χ1v) is 8.03. The van der Waals surface area contributed by atoms with Crippen molar-refractivity contribution in [3.63, 3.8) is 0 Å². The molecule has 0 radical (unpaired) electrons. The molecule has 5 nitrogen and oxygen atoms in total. The first-order chi connectivity index (χ1) is 9.61. The Morgan fingerprint density at radius 1 is 1.29 bits per heavy atom. The van der Waals surface area contributed by atoms with E-state index in [2.05, 4.69) is 52.0 Å². The van der Waals surface area contributed by atoms with Gasteiger partial charge in [0.15, 0.2) is 0 Å². The van der Waals surface area contributed by atoms with E-state index in [0.29, 0.717) is 6.04 Å². The van der Waals surface area contributed by atoms with Gasteiger partial charge in [-0.2, -0.15) is 0 Å². The predicted octanol–water partition coefficient (Wildman–Crippen LogP) is 2.07. The van der Waals surface area contributed by atoms with Crippen LogP contribution in [0.25, 0.3) is 0 Å². The fourth-order valence-corrected chi connectivity index (χ4v) is 3.59. The van der Waals surface area contributed by atoms with Crippen molar-refractivity contribution in [1.29, 1.82) is 0 Å². The van der Waals surface area contributed by atoms with Crippen LogP contribution in [0.3, 0.4) is 0 Å². The molecule has 2 rings (SSSR count). The lowest BCUT2D eigenvalue weighted by Gasteiger charge is -2.37. The van der Waals surface area contributed by atoms with Crippen LogP contribution < -0.4 is 5.32 Å². The van der Waals surface area contributed by atoms with Crippen LogP contribution in [0.15, 0.2) is 0 Å². The minimum atomic E-state index is -0.310. The van der Waals surface area contributed by atoms with Crippen molar-refractivity contribution >= 4 is 6.03 Å². The van der Waals surface area contributed by atoms with Gasteiger partial charge in [-0.25, -0.2) is 4.79 Å². The fraction of sp³-hybridized carbons (Fsp3) is 0.938. The van der Waals surface area contributed by atoms with Crippen molar-refractivity contribution in [1.82, 2.24) is 15.1 Å². The molecule has 0 aromatic rings. The summed E-state index contributed by atoms with van der Waals surface area (Å²) in [6.45, 7) is 9.97. The van der Waals surface area contributed by atoms with E-state index in [1.165, 1.54) is 6.42 Å². The summed E-state index contributed by atoms with van der Waals surface area (Å²) in [6.07, 6.45) is 3.10. The first-order valence-electron chi connectivity index (χ1n) is 8.03. The molecule has 5 heteroatoms. The van der Waals surface area contributed by atoms with Gasteiger partial charge in [0.05, 0.1) is 17.2 Å². The second-order valence-corrected chi connectivity index (χ2v) is 7.88. The Morgan fingerprint density at radius 3 is 2.48 bits per heavy atom. The number of urea groups is 1. The van der Waals surface area contributed by atoms with Crippen LogP contribution in [0.5, 0.6) is 0 Å². The van der Waals surface area contributed by atoms with E-state index >= 15 is 0 Å². The van der Waals surface area contributed by atoms with Gasteiger partial charge in [-0.3, -0.25) is 0 Å². The number of likely N-dealkylation sites (N-methyl/N-ethyl adjacent to an activating group) is 1. The molecule has 0 aromatic carbocycles. The molecule has 0 saturated carbocycles. The molecule has 2 fully saturated rings. The molecule has 1 N–H and O–H groups in total. The maximum absolute atomic E-state index is 12.6. The lowest BCUT2D eigenvalue weighted by Crippen LogP contribution is -2.55. The zero-order chi connectivity index (χ0) is 15.8. The van der Waals surface area contributed by atoms with E-state index in [-0.39, 0.29) is 23.3 Å². The van der Waals surface area contributed by atoms with Crippen LogP contribution in [0.1, 0.15) is 47.0 Å². The Bertz CT molecular complexity index is 393. The third kappa shape index (κ3) is 3.89. The van der Waals surface area contributed by atoms with E-state index in [1.807, 2.05) is 4.90 Å². The molecule has 0 unspecified atom stereocenters. The largest absolute Gasteiger partial charge is 0.367 e. The molecule has 0 bridgehead atoms. The summed E-state index contributed by atoms with van der Waals surface area (Å²) < 4.78 is 6.05. The highest BCUT2D eigenvalue weighted by Gasteiger charge is 2.47. The van der Waals surface area contributed by atoms with Crippen LogP contribution >= 0.6 is 0 Å². The van der Waals surface area contributed by atoms with Crippen LogP contribution in [-0.2, 0) is 4.74 Å². The van der Waals surface area contributed by atoms with Crippen LogP contribution in [-0.4, -0.2) is 66.3 Å². The number of likely N-dealkylation sites (tertiary alicyclic amines) is 1. The maximum atomic E-state index is 12.6. The summed E-state index contributed by atoms with van der Waals surface area (Å²) >= 11 is 0. The van der Waals surface area contributed by atoms with E-state index in [9.17, 15) is 4.79 Å². The molecular formula is C16H31N3O2. The molecule has 0 spiro atoms. The molecule has 0 aliphatic carbocycles. The monoisotopic (exact) mass is 297 g/mol. The smallest absolute Gasteiger partial charge is 0.317 e. The molecule has 2 saturated heterocycles. The van der Waals surface area contributed by atoms with Crippen LogP contribution in [0, 0.1) is 0 Å². The molecule has 2 atom stereocenters. The van der Waals surface area contributed by atoms with Gasteiger partial charge < -0.3 is 19.9 Å². The summed E-state index contributed by atoms with van der Waals surface area (Å²) in [5, 5.41) is 3.20. The number of nitrogens with one attached hydrogen (secondary N) is 1. The van der Waals surface area contributed by atoms with Crippen molar-refractivity contribution < 1.29 is 9.53 Å². The van der Waals surface area contributed by atoms with Crippen molar-refractivity contribution in [3.05, 3.63) is 0 Å². The molecule has 2 amide bonds.